The number of sulfonamides is 1. The predicted molar refractivity (Wildman–Crippen MR) is 122 cm³/mol. The van der Waals surface area contributed by atoms with E-state index in [9.17, 15) is 23.3 Å². The molecule has 9 heteroatoms. The highest BCUT2D eigenvalue weighted by Crippen LogP contribution is 2.53. The Morgan fingerprint density at radius 1 is 1.15 bits per heavy atom. The second kappa shape index (κ2) is 8.22. The summed E-state index contributed by atoms with van der Waals surface area (Å²) in [7, 11) is -3.76. The van der Waals surface area contributed by atoms with Gasteiger partial charge in [0.05, 0.1) is 15.4 Å². The van der Waals surface area contributed by atoms with Crippen LogP contribution in [0.4, 0.5) is 5.69 Å². The maximum atomic E-state index is 13.5. The molecule has 2 fully saturated rings. The van der Waals surface area contributed by atoms with Crippen molar-refractivity contribution >= 4 is 21.7 Å². The summed E-state index contributed by atoms with van der Waals surface area (Å²) in [6, 6.07) is 11.6. The van der Waals surface area contributed by atoms with Crippen LogP contribution < -0.4 is 0 Å². The number of carbonyl (C=O) groups excluding carboxylic acids is 1. The number of carbonyl (C=O) groups is 1. The van der Waals surface area contributed by atoms with Gasteiger partial charge in [-0.25, -0.2) is 13.2 Å². The van der Waals surface area contributed by atoms with Crippen LogP contribution in [-0.4, -0.2) is 36.2 Å². The van der Waals surface area contributed by atoms with Crippen molar-refractivity contribution in [2.45, 2.75) is 57.6 Å². The number of non-ortho nitro benzene ring substituents is 1. The SMILES string of the molecule is CC1(C)CC2CC(C)(CN2S(=O)(=O)c2cccc(C(=O)OCc3ccc([N+](=O)[O-])cc3)c2)C1. The Bertz CT molecular complexity index is 1190. The number of ether oxygens (including phenoxy) is 1. The smallest absolute Gasteiger partial charge is 0.338 e. The van der Waals surface area contributed by atoms with Crippen LogP contribution in [0, 0.1) is 20.9 Å². The fourth-order valence-electron chi connectivity index (χ4n) is 5.55. The molecule has 176 valence electrons. The van der Waals surface area contributed by atoms with E-state index in [1.165, 1.54) is 42.5 Å². The average molecular weight is 473 g/mol. The van der Waals surface area contributed by atoms with Gasteiger partial charge in [-0.2, -0.15) is 4.31 Å². The molecule has 0 aromatic heterocycles. The molecule has 0 spiro atoms. The Labute approximate surface area is 193 Å². The zero-order valence-corrected chi connectivity index (χ0v) is 19.8. The van der Waals surface area contributed by atoms with Crippen molar-refractivity contribution in [3.63, 3.8) is 0 Å². The third-order valence-corrected chi connectivity index (χ3v) is 8.45. The van der Waals surface area contributed by atoms with Crippen LogP contribution >= 0.6 is 0 Å². The molecule has 4 rings (SSSR count). The minimum atomic E-state index is -3.76. The fraction of sp³-hybridized carbons (Fsp3) is 0.458. The molecule has 1 aliphatic carbocycles. The van der Waals surface area contributed by atoms with E-state index in [1.54, 1.807) is 10.4 Å². The molecule has 2 unspecified atom stereocenters. The number of fused-ring (bicyclic) bond motifs is 2. The second-order valence-electron chi connectivity index (χ2n) is 10.3. The summed E-state index contributed by atoms with van der Waals surface area (Å²) < 4.78 is 33.9. The molecule has 2 bridgehead atoms. The third kappa shape index (κ3) is 4.79. The Morgan fingerprint density at radius 2 is 1.85 bits per heavy atom. The molecule has 1 heterocycles. The number of rotatable bonds is 6. The van der Waals surface area contributed by atoms with Crippen LogP contribution in [-0.2, 0) is 21.4 Å². The maximum Gasteiger partial charge on any atom is 0.338 e. The maximum absolute atomic E-state index is 13.5. The van der Waals surface area contributed by atoms with Crippen molar-refractivity contribution in [1.82, 2.24) is 4.31 Å². The first-order chi connectivity index (χ1) is 15.4. The molecule has 8 nitrogen and oxygen atoms in total. The van der Waals surface area contributed by atoms with Crippen molar-refractivity contribution in [1.29, 1.82) is 0 Å². The Balaban J connectivity index is 1.49. The van der Waals surface area contributed by atoms with Crippen molar-refractivity contribution in [3.05, 3.63) is 69.8 Å². The van der Waals surface area contributed by atoms with Crippen molar-refractivity contribution in [2.24, 2.45) is 10.8 Å². The normalized spacial score (nSPS) is 24.4. The van der Waals surface area contributed by atoms with Gasteiger partial charge in [0.1, 0.15) is 6.61 Å². The van der Waals surface area contributed by atoms with Crippen LogP contribution in [0.3, 0.4) is 0 Å². The number of nitro benzene ring substituents is 1. The van der Waals surface area contributed by atoms with Gasteiger partial charge in [0, 0.05) is 24.7 Å². The molecular weight excluding hydrogens is 444 g/mol. The number of hydrogen-bond acceptors (Lipinski definition) is 6. The monoisotopic (exact) mass is 472 g/mol. The van der Waals surface area contributed by atoms with E-state index < -0.39 is 20.9 Å². The number of nitro groups is 1. The van der Waals surface area contributed by atoms with E-state index >= 15 is 0 Å². The van der Waals surface area contributed by atoms with Crippen molar-refractivity contribution in [2.75, 3.05) is 6.54 Å². The Hall–Kier alpha value is -2.78. The fourth-order valence-corrected chi connectivity index (χ4v) is 7.37. The standard InChI is InChI=1S/C24H28N2O6S/c1-23(2)12-20-13-24(3,15-23)16-25(20)33(30,31)21-6-4-5-18(11-21)22(27)32-14-17-7-9-19(10-8-17)26(28)29/h4-11,20H,12-16H2,1-3H3. The van der Waals surface area contributed by atoms with E-state index in [0.29, 0.717) is 12.1 Å². The van der Waals surface area contributed by atoms with Gasteiger partial charge in [0.2, 0.25) is 10.0 Å². The molecule has 33 heavy (non-hydrogen) atoms. The molecule has 1 aliphatic heterocycles. The summed E-state index contributed by atoms with van der Waals surface area (Å²) in [5, 5.41) is 10.7. The molecule has 0 N–H and O–H groups in total. The van der Waals surface area contributed by atoms with Crippen LogP contribution in [0.25, 0.3) is 0 Å². The first-order valence-electron chi connectivity index (χ1n) is 10.9. The molecule has 1 saturated heterocycles. The van der Waals surface area contributed by atoms with Crippen molar-refractivity contribution in [3.8, 4) is 0 Å². The minimum Gasteiger partial charge on any atom is -0.457 e. The molecule has 1 saturated carbocycles. The highest BCUT2D eigenvalue weighted by Gasteiger charge is 2.53. The van der Waals surface area contributed by atoms with Gasteiger partial charge in [-0.15, -0.1) is 0 Å². The first-order valence-corrected chi connectivity index (χ1v) is 12.4. The Morgan fingerprint density at radius 3 is 2.52 bits per heavy atom. The third-order valence-electron chi connectivity index (χ3n) is 6.56. The van der Waals surface area contributed by atoms with E-state index in [-0.39, 0.29) is 39.6 Å². The van der Waals surface area contributed by atoms with E-state index in [4.69, 9.17) is 4.74 Å². The summed E-state index contributed by atoms with van der Waals surface area (Å²) in [5.41, 5.74) is 0.739. The lowest BCUT2D eigenvalue weighted by Gasteiger charge is -2.39. The second-order valence-corrected chi connectivity index (χ2v) is 12.2. The van der Waals surface area contributed by atoms with E-state index in [2.05, 4.69) is 20.8 Å². The Kier molecular flexibility index (Phi) is 5.82. The van der Waals surface area contributed by atoms with Crippen LogP contribution in [0.1, 0.15) is 56.0 Å². The van der Waals surface area contributed by atoms with Gasteiger partial charge in [0.15, 0.2) is 0 Å². The molecule has 2 aliphatic rings. The van der Waals surface area contributed by atoms with Crippen LogP contribution in [0.2, 0.25) is 0 Å². The zero-order valence-electron chi connectivity index (χ0n) is 19.0. The van der Waals surface area contributed by atoms with Gasteiger partial charge in [-0.3, -0.25) is 10.1 Å². The number of nitrogens with zero attached hydrogens (tertiary/aromatic N) is 2. The molecule has 0 radical (unpaired) electrons. The lowest BCUT2D eigenvalue weighted by molar-refractivity contribution is -0.384. The number of hydrogen-bond donors (Lipinski definition) is 0. The van der Waals surface area contributed by atoms with Gasteiger partial charge < -0.3 is 4.74 Å². The van der Waals surface area contributed by atoms with Gasteiger partial charge in [0.25, 0.3) is 5.69 Å². The lowest BCUT2D eigenvalue weighted by atomic mass is 9.65. The largest absolute Gasteiger partial charge is 0.457 e. The number of esters is 1. The molecule has 2 aromatic rings. The topological polar surface area (TPSA) is 107 Å². The van der Waals surface area contributed by atoms with E-state index in [1.807, 2.05) is 0 Å². The lowest BCUT2D eigenvalue weighted by Crippen LogP contribution is -2.37. The van der Waals surface area contributed by atoms with Crippen LogP contribution in [0.15, 0.2) is 53.4 Å². The van der Waals surface area contributed by atoms with Gasteiger partial charge in [-0.1, -0.05) is 26.8 Å². The summed E-state index contributed by atoms with van der Waals surface area (Å²) in [6.45, 7) is 6.94. The molecule has 2 atom stereocenters. The number of benzene rings is 2. The van der Waals surface area contributed by atoms with Gasteiger partial charge in [-0.05, 0) is 66.0 Å². The van der Waals surface area contributed by atoms with Gasteiger partial charge >= 0.3 is 5.97 Å². The zero-order chi connectivity index (χ0) is 24.0. The predicted octanol–water partition coefficient (Wildman–Crippen LogP) is 4.54. The van der Waals surface area contributed by atoms with E-state index in [0.717, 1.165) is 19.3 Å². The molecular formula is C24H28N2O6S. The highest BCUT2D eigenvalue weighted by atomic mass is 32.2. The summed E-state index contributed by atoms with van der Waals surface area (Å²) in [4.78, 5) is 22.9. The molecule has 0 amide bonds. The summed E-state index contributed by atoms with van der Waals surface area (Å²) >= 11 is 0. The first kappa shape index (κ1) is 23.4. The minimum absolute atomic E-state index is 0.0403. The average Bonchev–Trinajstić information content (AvgIpc) is 3.01. The quantitative estimate of drug-likeness (QED) is 0.347. The summed E-state index contributed by atoms with van der Waals surface area (Å²) in [5.74, 6) is -0.654. The summed E-state index contributed by atoms with van der Waals surface area (Å²) in [6.07, 6.45) is 2.66. The molecule has 2 aromatic carbocycles. The van der Waals surface area contributed by atoms with Crippen LogP contribution in [0.5, 0.6) is 0 Å². The van der Waals surface area contributed by atoms with Crippen molar-refractivity contribution < 1.29 is 22.9 Å². The highest BCUT2D eigenvalue weighted by molar-refractivity contribution is 7.89.